The van der Waals surface area contributed by atoms with Crippen LogP contribution >= 0.6 is 11.3 Å². The topological polar surface area (TPSA) is 49.3 Å². The van der Waals surface area contributed by atoms with E-state index in [0.717, 1.165) is 30.5 Å². The summed E-state index contributed by atoms with van der Waals surface area (Å²) in [4.78, 5) is 8.84. The number of hydrogen-bond acceptors (Lipinski definition) is 3. The Morgan fingerprint density at radius 1 is 1.33 bits per heavy atom. The summed E-state index contributed by atoms with van der Waals surface area (Å²) < 4.78 is 0. The minimum atomic E-state index is 0.441. The van der Waals surface area contributed by atoms with Gasteiger partial charge in [-0.3, -0.25) is 4.99 Å². The number of nitrogens with one attached hydrogen (secondary N) is 2. The van der Waals surface area contributed by atoms with E-state index in [2.05, 4.69) is 53.7 Å². The normalized spacial score (nSPS) is 13.5. The first-order valence-electron chi connectivity index (χ1n) is 7.95. The summed E-state index contributed by atoms with van der Waals surface area (Å²) >= 11 is 1.73. The van der Waals surface area contributed by atoms with Crippen molar-refractivity contribution in [2.45, 2.75) is 66.0 Å². The summed E-state index contributed by atoms with van der Waals surface area (Å²) in [5.74, 6) is 1.64. The van der Waals surface area contributed by atoms with Crippen molar-refractivity contribution < 1.29 is 0 Å². The van der Waals surface area contributed by atoms with Gasteiger partial charge in [0.2, 0.25) is 0 Å². The van der Waals surface area contributed by atoms with Crippen LogP contribution in [0.5, 0.6) is 0 Å². The zero-order chi connectivity index (χ0) is 15.7. The van der Waals surface area contributed by atoms with Crippen LogP contribution in [0.3, 0.4) is 0 Å². The fourth-order valence-electron chi connectivity index (χ4n) is 2.10. The second-order valence-electron chi connectivity index (χ2n) is 5.88. The number of aromatic nitrogens is 1. The predicted molar refractivity (Wildman–Crippen MR) is 93.0 cm³/mol. The maximum Gasteiger partial charge on any atom is 0.191 e. The third-order valence-corrected chi connectivity index (χ3v) is 4.41. The molecule has 1 aromatic heterocycles. The average molecular weight is 311 g/mol. The van der Waals surface area contributed by atoms with Gasteiger partial charge >= 0.3 is 0 Å². The van der Waals surface area contributed by atoms with Gasteiger partial charge in [-0.1, -0.05) is 33.6 Å². The van der Waals surface area contributed by atoms with Crippen molar-refractivity contribution in [3.63, 3.8) is 0 Å². The van der Waals surface area contributed by atoms with Crippen LogP contribution in [0.1, 0.15) is 57.7 Å². The Labute approximate surface area is 133 Å². The van der Waals surface area contributed by atoms with Gasteiger partial charge in [-0.05, 0) is 25.7 Å². The zero-order valence-corrected chi connectivity index (χ0v) is 14.9. The molecule has 2 N–H and O–H groups in total. The van der Waals surface area contributed by atoms with Gasteiger partial charge in [0.15, 0.2) is 5.96 Å². The molecule has 0 fully saturated rings. The molecule has 0 spiro atoms. The lowest BCUT2D eigenvalue weighted by molar-refractivity contribution is 0.491. The van der Waals surface area contributed by atoms with E-state index in [9.17, 15) is 0 Å². The highest BCUT2D eigenvalue weighted by atomic mass is 32.1. The SMILES string of the molecule is CCc1nc(CNC(=NC)NC(C)CCCC(C)C)cs1. The van der Waals surface area contributed by atoms with E-state index in [1.54, 1.807) is 11.3 Å². The van der Waals surface area contributed by atoms with Gasteiger partial charge in [-0.15, -0.1) is 11.3 Å². The van der Waals surface area contributed by atoms with Crippen LogP contribution in [-0.4, -0.2) is 24.0 Å². The molecule has 0 amide bonds. The molecule has 1 unspecified atom stereocenters. The molecular formula is C16H30N4S. The Hall–Kier alpha value is -1.10. The monoisotopic (exact) mass is 310 g/mol. The van der Waals surface area contributed by atoms with Crippen molar-refractivity contribution in [2.75, 3.05) is 7.05 Å². The molecule has 0 aliphatic rings. The van der Waals surface area contributed by atoms with Crippen LogP contribution < -0.4 is 10.6 Å². The van der Waals surface area contributed by atoms with Crippen LogP contribution in [0.2, 0.25) is 0 Å². The Balaban J connectivity index is 2.31. The summed E-state index contributed by atoms with van der Waals surface area (Å²) in [7, 11) is 1.81. The average Bonchev–Trinajstić information content (AvgIpc) is 2.91. The summed E-state index contributed by atoms with van der Waals surface area (Å²) in [6, 6.07) is 0.441. The maximum atomic E-state index is 4.56. The van der Waals surface area contributed by atoms with Crippen LogP contribution in [0, 0.1) is 5.92 Å². The van der Waals surface area contributed by atoms with Gasteiger partial charge in [-0.2, -0.15) is 0 Å². The van der Waals surface area contributed by atoms with Crippen LogP contribution in [0.25, 0.3) is 0 Å². The van der Waals surface area contributed by atoms with Crippen molar-refractivity contribution in [2.24, 2.45) is 10.9 Å². The number of rotatable bonds is 8. The molecule has 5 heteroatoms. The van der Waals surface area contributed by atoms with Crippen LogP contribution in [0.15, 0.2) is 10.4 Å². The van der Waals surface area contributed by atoms with E-state index in [1.807, 2.05) is 7.05 Å². The van der Waals surface area contributed by atoms with Crippen molar-refractivity contribution in [1.29, 1.82) is 0 Å². The number of thiazole rings is 1. The third kappa shape index (κ3) is 7.46. The first-order chi connectivity index (χ1) is 10.0. The molecule has 0 aromatic carbocycles. The number of aryl methyl sites for hydroxylation is 1. The standard InChI is InChI=1S/C16H30N4S/c1-6-15-20-14(11-21-15)10-18-16(17-5)19-13(4)9-7-8-12(2)3/h11-13H,6-10H2,1-5H3,(H2,17,18,19). The second-order valence-corrected chi connectivity index (χ2v) is 6.82. The fraction of sp³-hybridized carbons (Fsp3) is 0.750. The predicted octanol–water partition coefficient (Wildman–Crippen LogP) is 3.59. The highest BCUT2D eigenvalue weighted by Gasteiger charge is 2.07. The zero-order valence-electron chi connectivity index (χ0n) is 14.1. The Morgan fingerprint density at radius 3 is 2.67 bits per heavy atom. The highest BCUT2D eigenvalue weighted by molar-refractivity contribution is 7.09. The number of aliphatic imine (C=N–C) groups is 1. The molecule has 0 saturated carbocycles. The summed E-state index contributed by atoms with van der Waals surface area (Å²) in [5, 5.41) is 10.1. The van der Waals surface area contributed by atoms with Gasteiger partial charge in [0.05, 0.1) is 17.2 Å². The van der Waals surface area contributed by atoms with E-state index in [4.69, 9.17) is 0 Å². The molecule has 0 radical (unpaired) electrons. The van der Waals surface area contributed by atoms with Crippen molar-refractivity contribution in [3.05, 3.63) is 16.1 Å². The van der Waals surface area contributed by atoms with Gasteiger partial charge < -0.3 is 10.6 Å². The first-order valence-corrected chi connectivity index (χ1v) is 8.83. The number of nitrogens with zero attached hydrogens (tertiary/aromatic N) is 2. The minimum Gasteiger partial charge on any atom is -0.354 e. The largest absolute Gasteiger partial charge is 0.354 e. The Morgan fingerprint density at radius 2 is 2.10 bits per heavy atom. The van der Waals surface area contributed by atoms with E-state index >= 15 is 0 Å². The molecule has 0 bridgehead atoms. The second kappa shape index (κ2) is 9.77. The molecule has 21 heavy (non-hydrogen) atoms. The molecule has 4 nitrogen and oxygen atoms in total. The molecular weight excluding hydrogens is 280 g/mol. The van der Waals surface area contributed by atoms with Crippen LogP contribution in [-0.2, 0) is 13.0 Å². The smallest absolute Gasteiger partial charge is 0.191 e. The lowest BCUT2D eigenvalue weighted by atomic mass is 10.0. The van der Waals surface area contributed by atoms with Gasteiger partial charge in [0, 0.05) is 18.5 Å². The minimum absolute atomic E-state index is 0.441. The summed E-state index contributed by atoms with van der Waals surface area (Å²) in [5.41, 5.74) is 1.09. The van der Waals surface area contributed by atoms with Gasteiger partial charge in [-0.25, -0.2) is 4.98 Å². The lowest BCUT2D eigenvalue weighted by Gasteiger charge is -2.18. The lowest BCUT2D eigenvalue weighted by Crippen LogP contribution is -2.41. The molecule has 0 aliphatic carbocycles. The van der Waals surface area contributed by atoms with E-state index in [1.165, 1.54) is 24.3 Å². The molecule has 120 valence electrons. The van der Waals surface area contributed by atoms with Gasteiger partial charge in [0.25, 0.3) is 0 Å². The summed E-state index contributed by atoms with van der Waals surface area (Å²) in [6.07, 6.45) is 4.73. The molecule has 1 atom stereocenters. The number of hydrogen-bond donors (Lipinski definition) is 2. The maximum absolute atomic E-state index is 4.56. The molecule has 0 aliphatic heterocycles. The Bertz CT molecular complexity index is 426. The fourth-order valence-corrected chi connectivity index (χ4v) is 2.84. The third-order valence-electron chi connectivity index (χ3n) is 3.36. The first kappa shape index (κ1) is 18.0. The molecule has 1 rings (SSSR count). The van der Waals surface area contributed by atoms with E-state index in [-0.39, 0.29) is 0 Å². The molecule has 1 aromatic rings. The van der Waals surface area contributed by atoms with E-state index in [0.29, 0.717) is 6.04 Å². The quantitative estimate of drug-likeness (QED) is 0.570. The van der Waals surface area contributed by atoms with Crippen molar-refractivity contribution >= 4 is 17.3 Å². The molecule has 1 heterocycles. The number of guanidine groups is 1. The van der Waals surface area contributed by atoms with Crippen LogP contribution in [0.4, 0.5) is 0 Å². The summed E-state index contributed by atoms with van der Waals surface area (Å²) in [6.45, 7) is 9.63. The Kier molecular flexibility index (Phi) is 8.35. The van der Waals surface area contributed by atoms with Gasteiger partial charge in [0.1, 0.15) is 0 Å². The molecule has 0 saturated heterocycles. The van der Waals surface area contributed by atoms with Crippen molar-refractivity contribution in [1.82, 2.24) is 15.6 Å². The van der Waals surface area contributed by atoms with E-state index < -0.39 is 0 Å². The van der Waals surface area contributed by atoms with Crippen molar-refractivity contribution in [3.8, 4) is 0 Å². The highest BCUT2D eigenvalue weighted by Crippen LogP contribution is 2.10.